The highest BCUT2D eigenvalue weighted by Gasteiger charge is 2.17. The Hall–Kier alpha value is -2.55. The molecule has 1 aromatic carbocycles. The van der Waals surface area contributed by atoms with E-state index in [-0.39, 0.29) is 29.9 Å². The minimum absolute atomic E-state index is 0.0239. The summed E-state index contributed by atoms with van der Waals surface area (Å²) >= 11 is 2.78. The van der Waals surface area contributed by atoms with E-state index in [1.807, 2.05) is 17.5 Å². The highest BCUT2D eigenvalue weighted by Crippen LogP contribution is 2.26. The first-order chi connectivity index (χ1) is 12.5. The summed E-state index contributed by atoms with van der Waals surface area (Å²) in [5.74, 6) is -1.19. The van der Waals surface area contributed by atoms with Crippen LogP contribution in [-0.4, -0.2) is 18.4 Å². The maximum atomic E-state index is 13.2. The average Bonchev–Trinajstić information content (AvgIpc) is 3.28. The molecule has 2 aromatic heterocycles. The van der Waals surface area contributed by atoms with E-state index < -0.39 is 5.91 Å². The van der Waals surface area contributed by atoms with Crippen molar-refractivity contribution < 1.29 is 14.0 Å². The van der Waals surface area contributed by atoms with Crippen molar-refractivity contribution in [3.8, 4) is 0 Å². The van der Waals surface area contributed by atoms with E-state index >= 15 is 0 Å². The number of nitrogens with one attached hydrogen (secondary N) is 2. The molecule has 0 spiro atoms. The molecule has 4 N–H and O–H groups in total. The molecule has 1 unspecified atom stereocenters. The van der Waals surface area contributed by atoms with Gasteiger partial charge in [0.05, 0.1) is 18.2 Å². The summed E-state index contributed by atoms with van der Waals surface area (Å²) < 4.78 is 13.2. The van der Waals surface area contributed by atoms with E-state index in [2.05, 4.69) is 10.6 Å². The second-order valence-electron chi connectivity index (χ2n) is 5.46. The third kappa shape index (κ3) is 4.34. The smallest absolute Gasteiger partial charge is 0.251 e. The van der Waals surface area contributed by atoms with Crippen LogP contribution in [0.2, 0.25) is 0 Å². The van der Waals surface area contributed by atoms with Crippen LogP contribution < -0.4 is 16.4 Å². The van der Waals surface area contributed by atoms with Gasteiger partial charge in [-0.05, 0) is 40.6 Å². The molecule has 2 heterocycles. The number of benzene rings is 1. The van der Waals surface area contributed by atoms with E-state index in [1.165, 1.54) is 23.5 Å². The lowest BCUT2D eigenvalue weighted by Crippen LogP contribution is -2.31. The normalized spacial score (nSPS) is 11.9. The number of nitrogens with two attached hydrogens (primary N) is 1. The molecule has 3 rings (SSSR count). The van der Waals surface area contributed by atoms with Crippen LogP contribution in [0.1, 0.15) is 26.8 Å². The molecule has 2 amide bonds. The van der Waals surface area contributed by atoms with Crippen LogP contribution in [0.4, 0.5) is 9.39 Å². The number of rotatable bonds is 7. The highest BCUT2D eigenvalue weighted by atomic mass is 32.1. The van der Waals surface area contributed by atoms with Gasteiger partial charge >= 0.3 is 0 Å². The van der Waals surface area contributed by atoms with E-state index in [9.17, 15) is 14.0 Å². The molecule has 0 bridgehead atoms. The van der Waals surface area contributed by atoms with Crippen LogP contribution in [0.5, 0.6) is 0 Å². The van der Waals surface area contributed by atoms with Crippen molar-refractivity contribution in [3.63, 3.8) is 0 Å². The Labute approximate surface area is 157 Å². The van der Waals surface area contributed by atoms with Crippen molar-refractivity contribution in [3.05, 3.63) is 75.0 Å². The topological polar surface area (TPSA) is 84.2 Å². The van der Waals surface area contributed by atoms with Crippen LogP contribution in [0.25, 0.3) is 0 Å². The fraction of sp³-hybridized carbons (Fsp3) is 0.111. The maximum Gasteiger partial charge on any atom is 0.251 e. The standard InChI is InChI=1S/C18H16FN3O2S2/c19-12-5-3-11(4-6-12)16(14-2-1-8-25-14)21-10-15(23)22-18-13(17(20)24)7-9-26-18/h1-9,16,21H,10H2,(H2,20,24)(H,22,23). The maximum absolute atomic E-state index is 13.2. The summed E-state index contributed by atoms with van der Waals surface area (Å²) in [5.41, 5.74) is 6.43. The SMILES string of the molecule is NC(=O)c1ccsc1NC(=O)CNC(c1ccc(F)cc1)c1cccs1. The Morgan fingerprint density at radius 1 is 1.08 bits per heavy atom. The minimum Gasteiger partial charge on any atom is -0.366 e. The molecule has 5 nitrogen and oxygen atoms in total. The molecule has 0 saturated carbocycles. The van der Waals surface area contributed by atoms with Gasteiger partial charge in [0.25, 0.3) is 5.91 Å². The zero-order valence-corrected chi connectivity index (χ0v) is 15.2. The lowest BCUT2D eigenvalue weighted by molar-refractivity contribution is -0.115. The minimum atomic E-state index is -0.586. The van der Waals surface area contributed by atoms with Crippen molar-refractivity contribution in [2.24, 2.45) is 5.73 Å². The van der Waals surface area contributed by atoms with E-state index in [0.29, 0.717) is 5.00 Å². The van der Waals surface area contributed by atoms with Gasteiger partial charge in [-0.25, -0.2) is 4.39 Å². The molecular formula is C18H16FN3O2S2. The summed E-state index contributed by atoms with van der Waals surface area (Å²) in [7, 11) is 0. The largest absolute Gasteiger partial charge is 0.366 e. The molecular weight excluding hydrogens is 373 g/mol. The summed E-state index contributed by atoms with van der Waals surface area (Å²) in [6.07, 6.45) is 0. The number of thiophene rings is 2. The van der Waals surface area contributed by atoms with Gasteiger partial charge in [0.1, 0.15) is 10.8 Å². The fourth-order valence-corrected chi connectivity index (χ4v) is 4.09. The summed E-state index contributed by atoms with van der Waals surface area (Å²) in [5, 5.41) is 9.94. The first-order valence-corrected chi connectivity index (χ1v) is 9.50. The molecule has 0 aliphatic heterocycles. The average molecular weight is 389 g/mol. The lowest BCUT2D eigenvalue weighted by Gasteiger charge is -2.18. The Morgan fingerprint density at radius 3 is 2.50 bits per heavy atom. The van der Waals surface area contributed by atoms with Crippen molar-refractivity contribution >= 4 is 39.5 Å². The fourth-order valence-electron chi connectivity index (χ4n) is 2.46. The number of carbonyl (C=O) groups excluding carboxylic acids is 2. The molecule has 26 heavy (non-hydrogen) atoms. The van der Waals surface area contributed by atoms with E-state index in [0.717, 1.165) is 10.4 Å². The number of amides is 2. The molecule has 3 aromatic rings. The summed E-state index contributed by atoms with van der Waals surface area (Å²) in [6.45, 7) is 0.0239. The third-order valence-corrected chi connectivity index (χ3v) is 5.45. The van der Waals surface area contributed by atoms with Crippen LogP contribution in [0.15, 0.2) is 53.2 Å². The molecule has 0 fully saturated rings. The van der Waals surface area contributed by atoms with Gasteiger partial charge in [0, 0.05) is 4.88 Å². The van der Waals surface area contributed by atoms with Crippen molar-refractivity contribution in [1.29, 1.82) is 0 Å². The molecule has 8 heteroatoms. The van der Waals surface area contributed by atoms with E-state index in [1.54, 1.807) is 34.9 Å². The number of carbonyl (C=O) groups is 2. The second-order valence-corrected chi connectivity index (χ2v) is 7.35. The van der Waals surface area contributed by atoms with Crippen LogP contribution in [-0.2, 0) is 4.79 Å². The molecule has 0 aliphatic rings. The van der Waals surface area contributed by atoms with Gasteiger partial charge in [-0.1, -0.05) is 18.2 Å². The Bertz CT molecular complexity index is 892. The van der Waals surface area contributed by atoms with Gasteiger partial charge in [-0.2, -0.15) is 0 Å². The van der Waals surface area contributed by atoms with Gasteiger partial charge in [-0.15, -0.1) is 22.7 Å². The van der Waals surface area contributed by atoms with Crippen LogP contribution in [0.3, 0.4) is 0 Å². The predicted octanol–water partition coefficient (Wildman–Crippen LogP) is 3.37. The lowest BCUT2D eigenvalue weighted by atomic mass is 10.1. The number of halogens is 1. The number of primary amides is 1. The van der Waals surface area contributed by atoms with Crippen LogP contribution in [0, 0.1) is 5.82 Å². The van der Waals surface area contributed by atoms with Gasteiger partial charge < -0.3 is 11.1 Å². The van der Waals surface area contributed by atoms with Crippen molar-refractivity contribution in [2.75, 3.05) is 11.9 Å². The van der Waals surface area contributed by atoms with Crippen molar-refractivity contribution in [1.82, 2.24) is 5.32 Å². The quantitative estimate of drug-likeness (QED) is 0.579. The van der Waals surface area contributed by atoms with Gasteiger partial charge in [0.15, 0.2) is 0 Å². The first kappa shape index (κ1) is 18.2. The molecule has 0 radical (unpaired) electrons. The first-order valence-electron chi connectivity index (χ1n) is 7.74. The molecule has 134 valence electrons. The van der Waals surface area contributed by atoms with Crippen molar-refractivity contribution in [2.45, 2.75) is 6.04 Å². The number of hydrogen-bond donors (Lipinski definition) is 3. The van der Waals surface area contributed by atoms with Gasteiger partial charge in [0.2, 0.25) is 5.91 Å². The number of anilines is 1. The summed E-state index contributed by atoms with van der Waals surface area (Å²) in [4.78, 5) is 24.6. The van der Waals surface area contributed by atoms with Crippen LogP contribution >= 0.6 is 22.7 Å². The van der Waals surface area contributed by atoms with Gasteiger partial charge in [-0.3, -0.25) is 14.9 Å². The number of hydrogen-bond acceptors (Lipinski definition) is 5. The third-order valence-electron chi connectivity index (χ3n) is 3.68. The Kier molecular flexibility index (Phi) is 5.77. The zero-order valence-electron chi connectivity index (χ0n) is 13.6. The highest BCUT2D eigenvalue weighted by molar-refractivity contribution is 7.14. The monoisotopic (exact) mass is 389 g/mol. The summed E-state index contributed by atoms with van der Waals surface area (Å²) in [6, 6.07) is 11.4. The second kappa shape index (κ2) is 8.22. The Morgan fingerprint density at radius 2 is 1.85 bits per heavy atom. The molecule has 0 saturated heterocycles. The molecule has 0 aliphatic carbocycles. The predicted molar refractivity (Wildman–Crippen MR) is 102 cm³/mol. The van der Waals surface area contributed by atoms with E-state index in [4.69, 9.17) is 5.73 Å². The molecule has 1 atom stereocenters. The Balaban J connectivity index is 1.70. The zero-order chi connectivity index (χ0) is 18.5.